The van der Waals surface area contributed by atoms with Gasteiger partial charge in [-0.3, -0.25) is 4.79 Å². The van der Waals surface area contributed by atoms with Gasteiger partial charge in [-0.25, -0.2) is 4.98 Å². The first-order valence-corrected chi connectivity index (χ1v) is 9.73. The SMILES string of the molecule is CC(C)c1ccc(CN(C(=O)c2ccc3ncsc3c2)C2CC2)cc1. The maximum absolute atomic E-state index is 13.1. The number of thiazole rings is 1. The van der Waals surface area contributed by atoms with Gasteiger partial charge in [0.15, 0.2) is 0 Å². The second-order valence-corrected chi connectivity index (χ2v) is 7.98. The van der Waals surface area contributed by atoms with Crippen LogP contribution >= 0.6 is 11.3 Å². The van der Waals surface area contributed by atoms with Gasteiger partial charge >= 0.3 is 0 Å². The molecule has 0 bridgehead atoms. The highest BCUT2D eigenvalue weighted by atomic mass is 32.1. The summed E-state index contributed by atoms with van der Waals surface area (Å²) in [5.74, 6) is 0.659. The Morgan fingerprint density at radius 3 is 2.64 bits per heavy atom. The van der Waals surface area contributed by atoms with Crippen LogP contribution in [0.1, 0.15) is 54.1 Å². The van der Waals surface area contributed by atoms with Gasteiger partial charge in [0.05, 0.1) is 15.7 Å². The minimum atomic E-state index is 0.130. The number of hydrogen-bond donors (Lipinski definition) is 0. The predicted octanol–water partition coefficient (Wildman–Crippen LogP) is 5.22. The van der Waals surface area contributed by atoms with E-state index in [1.165, 1.54) is 11.1 Å². The lowest BCUT2D eigenvalue weighted by Gasteiger charge is -2.23. The van der Waals surface area contributed by atoms with Gasteiger partial charge in [-0.05, 0) is 48.1 Å². The van der Waals surface area contributed by atoms with Crippen molar-refractivity contribution in [3.63, 3.8) is 0 Å². The van der Waals surface area contributed by atoms with Gasteiger partial charge in [0, 0.05) is 18.2 Å². The number of carbonyl (C=O) groups excluding carboxylic acids is 1. The Balaban J connectivity index is 1.57. The van der Waals surface area contributed by atoms with Crippen LogP contribution in [0.25, 0.3) is 10.2 Å². The van der Waals surface area contributed by atoms with Crippen molar-refractivity contribution in [3.8, 4) is 0 Å². The zero-order valence-corrected chi connectivity index (χ0v) is 15.4. The Labute approximate surface area is 152 Å². The first-order valence-electron chi connectivity index (χ1n) is 8.85. The normalized spacial score (nSPS) is 14.2. The number of amides is 1. The molecule has 0 N–H and O–H groups in total. The molecule has 1 aromatic heterocycles. The standard InChI is InChI=1S/C21H22N2OS/c1-14(2)16-5-3-15(4-6-16)12-23(18-8-9-18)21(24)17-7-10-19-20(11-17)25-13-22-19/h3-7,10-11,13-14,18H,8-9,12H2,1-2H3. The Morgan fingerprint density at radius 2 is 1.96 bits per heavy atom. The monoisotopic (exact) mass is 350 g/mol. The molecule has 25 heavy (non-hydrogen) atoms. The first-order chi connectivity index (χ1) is 12.1. The summed E-state index contributed by atoms with van der Waals surface area (Å²) in [6, 6.07) is 14.9. The molecule has 128 valence electrons. The summed E-state index contributed by atoms with van der Waals surface area (Å²) in [7, 11) is 0. The average Bonchev–Trinajstić information content (AvgIpc) is 3.35. The van der Waals surface area contributed by atoms with E-state index >= 15 is 0 Å². The molecule has 0 aliphatic heterocycles. The topological polar surface area (TPSA) is 33.2 Å². The summed E-state index contributed by atoms with van der Waals surface area (Å²) in [6.45, 7) is 5.08. The van der Waals surface area contributed by atoms with Gasteiger partial charge in [-0.15, -0.1) is 11.3 Å². The second-order valence-electron chi connectivity index (χ2n) is 7.10. The van der Waals surface area contributed by atoms with Crippen molar-refractivity contribution < 1.29 is 4.79 Å². The van der Waals surface area contributed by atoms with E-state index in [-0.39, 0.29) is 5.91 Å². The van der Waals surface area contributed by atoms with E-state index in [0.29, 0.717) is 18.5 Å². The fourth-order valence-corrected chi connectivity index (χ4v) is 3.83. The largest absolute Gasteiger partial charge is 0.331 e. The van der Waals surface area contributed by atoms with Crippen molar-refractivity contribution in [3.05, 3.63) is 64.7 Å². The van der Waals surface area contributed by atoms with Crippen molar-refractivity contribution in [1.82, 2.24) is 9.88 Å². The van der Waals surface area contributed by atoms with E-state index in [1.54, 1.807) is 11.3 Å². The third kappa shape index (κ3) is 3.45. The van der Waals surface area contributed by atoms with Crippen molar-refractivity contribution in [2.45, 2.75) is 45.2 Å². The number of nitrogens with zero attached hydrogens (tertiary/aromatic N) is 2. The van der Waals surface area contributed by atoms with Crippen LogP contribution in [0.3, 0.4) is 0 Å². The second kappa shape index (κ2) is 6.60. The number of rotatable bonds is 5. The zero-order chi connectivity index (χ0) is 17.4. The Hall–Kier alpha value is -2.20. The minimum Gasteiger partial charge on any atom is -0.331 e. The molecule has 1 aliphatic rings. The fourth-order valence-electron chi connectivity index (χ4n) is 3.11. The van der Waals surface area contributed by atoms with Crippen LogP contribution in [-0.2, 0) is 6.54 Å². The zero-order valence-electron chi connectivity index (χ0n) is 14.6. The summed E-state index contributed by atoms with van der Waals surface area (Å²) in [5.41, 5.74) is 6.09. The van der Waals surface area contributed by atoms with Gasteiger partial charge in [-0.2, -0.15) is 0 Å². The molecule has 3 aromatic rings. The summed E-state index contributed by atoms with van der Waals surface area (Å²) in [5, 5.41) is 0. The highest BCUT2D eigenvalue weighted by Crippen LogP contribution is 2.31. The Bertz CT molecular complexity index is 894. The molecule has 1 amide bonds. The third-order valence-electron chi connectivity index (χ3n) is 4.83. The van der Waals surface area contributed by atoms with Gasteiger partial charge in [0.1, 0.15) is 0 Å². The van der Waals surface area contributed by atoms with Crippen LogP contribution in [0.5, 0.6) is 0 Å². The maximum atomic E-state index is 13.1. The molecule has 0 saturated heterocycles. The van der Waals surface area contributed by atoms with Gasteiger partial charge in [0.25, 0.3) is 5.91 Å². The molecule has 3 nitrogen and oxygen atoms in total. The van der Waals surface area contributed by atoms with Crippen LogP contribution in [0, 0.1) is 0 Å². The van der Waals surface area contributed by atoms with E-state index in [1.807, 2.05) is 28.6 Å². The predicted molar refractivity (Wildman–Crippen MR) is 103 cm³/mol. The molecule has 0 spiro atoms. The Kier molecular flexibility index (Phi) is 4.30. The lowest BCUT2D eigenvalue weighted by molar-refractivity contribution is 0.0730. The van der Waals surface area contributed by atoms with Crippen LogP contribution in [0.2, 0.25) is 0 Å². The molecule has 1 aliphatic carbocycles. The lowest BCUT2D eigenvalue weighted by atomic mass is 10.0. The van der Waals surface area contributed by atoms with E-state index in [0.717, 1.165) is 28.6 Å². The van der Waals surface area contributed by atoms with Crippen LogP contribution < -0.4 is 0 Å². The molecule has 2 aromatic carbocycles. The molecule has 4 heteroatoms. The number of fused-ring (bicyclic) bond motifs is 1. The highest BCUT2D eigenvalue weighted by Gasteiger charge is 2.33. The summed E-state index contributed by atoms with van der Waals surface area (Å²) >= 11 is 1.58. The van der Waals surface area contributed by atoms with Crippen molar-refractivity contribution >= 4 is 27.5 Å². The molecule has 0 atom stereocenters. The van der Waals surface area contributed by atoms with Crippen molar-refractivity contribution in [2.75, 3.05) is 0 Å². The van der Waals surface area contributed by atoms with E-state index < -0.39 is 0 Å². The molecule has 4 rings (SSSR count). The van der Waals surface area contributed by atoms with Crippen molar-refractivity contribution in [1.29, 1.82) is 0 Å². The summed E-state index contributed by atoms with van der Waals surface area (Å²) in [4.78, 5) is 19.4. The molecular weight excluding hydrogens is 328 g/mol. The van der Waals surface area contributed by atoms with E-state index in [9.17, 15) is 4.79 Å². The first kappa shape index (κ1) is 16.3. The number of benzene rings is 2. The van der Waals surface area contributed by atoms with Crippen LogP contribution in [0.4, 0.5) is 0 Å². The number of hydrogen-bond acceptors (Lipinski definition) is 3. The highest BCUT2D eigenvalue weighted by molar-refractivity contribution is 7.16. The van der Waals surface area contributed by atoms with Gasteiger partial charge < -0.3 is 4.90 Å². The van der Waals surface area contributed by atoms with E-state index in [2.05, 4.69) is 43.1 Å². The quantitative estimate of drug-likeness (QED) is 0.632. The van der Waals surface area contributed by atoms with Crippen LogP contribution in [-0.4, -0.2) is 21.8 Å². The molecule has 1 heterocycles. The third-order valence-corrected chi connectivity index (χ3v) is 5.62. The summed E-state index contributed by atoms with van der Waals surface area (Å²) < 4.78 is 1.07. The molecular formula is C21H22N2OS. The Morgan fingerprint density at radius 1 is 1.20 bits per heavy atom. The molecule has 0 unspecified atom stereocenters. The fraction of sp³-hybridized carbons (Fsp3) is 0.333. The number of carbonyl (C=O) groups is 1. The number of aromatic nitrogens is 1. The van der Waals surface area contributed by atoms with E-state index in [4.69, 9.17) is 0 Å². The van der Waals surface area contributed by atoms with Crippen molar-refractivity contribution in [2.24, 2.45) is 0 Å². The van der Waals surface area contributed by atoms with Crippen LogP contribution in [0.15, 0.2) is 48.0 Å². The smallest absolute Gasteiger partial charge is 0.254 e. The summed E-state index contributed by atoms with van der Waals surface area (Å²) in [6.07, 6.45) is 2.22. The molecule has 1 fully saturated rings. The molecule has 0 radical (unpaired) electrons. The maximum Gasteiger partial charge on any atom is 0.254 e. The van der Waals surface area contributed by atoms with Gasteiger partial charge in [0.2, 0.25) is 0 Å². The lowest BCUT2D eigenvalue weighted by Crippen LogP contribution is -2.32. The van der Waals surface area contributed by atoms with Gasteiger partial charge in [-0.1, -0.05) is 38.1 Å². The molecule has 1 saturated carbocycles. The average molecular weight is 350 g/mol. The minimum absolute atomic E-state index is 0.130.